The van der Waals surface area contributed by atoms with Crippen LogP contribution in [0.25, 0.3) is 43.1 Å². The Morgan fingerprint density at radius 2 is 0.457 bits per heavy atom. The van der Waals surface area contributed by atoms with E-state index in [9.17, 15) is 0 Å². The SMILES string of the molecule is CCc1[cH-]c2ccccc2c1[Si](CC)CC.CCc1[cH-]c2ccccc2c1[Si](CC)CC.CCc1[cH-]c2ccccc2c1[Si](CC)CC.CCc1[cH-]c2ccccc2c1[Si](CC)CC.[CH2]=[Zr+2].[CH2]=[Zr+2].[Cl-].[Cl-]. The first-order valence-electron chi connectivity index (χ1n) is 26.1. The van der Waals surface area contributed by atoms with Crippen molar-refractivity contribution in [2.45, 2.75) is 157 Å². The zero-order valence-corrected chi connectivity index (χ0v) is 55.6. The first-order valence-corrected chi connectivity index (χ1v) is 37.2. The van der Waals surface area contributed by atoms with Crippen LogP contribution < -0.4 is 45.6 Å². The van der Waals surface area contributed by atoms with E-state index in [4.69, 9.17) is 0 Å². The number of halogens is 2. The maximum atomic E-state index is 3.34. The van der Waals surface area contributed by atoms with Gasteiger partial charge in [-0.05, 0) is 25.7 Å². The van der Waals surface area contributed by atoms with E-state index in [1.807, 2.05) is 0 Å². The third-order valence-corrected chi connectivity index (χ3v) is 25.9. The van der Waals surface area contributed by atoms with Gasteiger partial charge in [0.15, 0.2) is 0 Å². The van der Waals surface area contributed by atoms with E-state index in [2.05, 4.69) is 213 Å². The topological polar surface area (TPSA) is 0 Å². The van der Waals surface area contributed by atoms with Crippen LogP contribution in [0.15, 0.2) is 121 Å². The van der Waals surface area contributed by atoms with Crippen LogP contribution in [0.3, 0.4) is 0 Å². The van der Waals surface area contributed by atoms with E-state index < -0.39 is 0 Å². The number of hydrogen-bond acceptors (Lipinski definition) is 0. The Labute approximate surface area is 476 Å². The molecule has 70 heavy (non-hydrogen) atoms. The molecular formula is C62H84Cl2Si4Zr2-2. The summed E-state index contributed by atoms with van der Waals surface area (Å²) < 4.78 is 6.68. The molecule has 372 valence electrons. The minimum Gasteiger partial charge on any atom is -1.00 e. The fourth-order valence-corrected chi connectivity index (χ4v) is 20.4. The van der Waals surface area contributed by atoms with E-state index in [0.29, 0.717) is 0 Å². The van der Waals surface area contributed by atoms with Gasteiger partial charge < -0.3 is 24.8 Å². The molecule has 0 unspecified atom stereocenters. The van der Waals surface area contributed by atoms with Gasteiger partial charge in [-0.1, -0.05) is 156 Å². The molecule has 0 saturated carbocycles. The summed E-state index contributed by atoms with van der Waals surface area (Å²) in [6.07, 6.45) is 4.72. The molecule has 0 aromatic heterocycles. The molecular weight excluding hydrogens is 1110 g/mol. The van der Waals surface area contributed by atoms with Gasteiger partial charge in [-0.15, -0.1) is 162 Å². The van der Waals surface area contributed by atoms with Crippen LogP contribution in [0.4, 0.5) is 0 Å². The van der Waals surface area contributed by atoms with Gasteiger partial charge in [0.2, 0.25) is 0 Å². The number of hydrogen-bond donors (Lipinski definition) is 0. The molecule has 8 heteroatoms. The molecule has 0 nitrogen and oxygen atoms in total. The Hall–Kier alpha value is -1.73. The van der Waals surface area contributed by atoms with Gasteiger partial charge in [0.25, 0.3) is 0 Å². The molecule has 0 heterocycles. The maximum Gasteiger partial charge on any atom is -1.00 e. The van der Waals surface area contributed by atoms with Crippen LogP contribution in [0.2, 0.25) is 48.4 Å². The van der Waals surface area contributed by atoms with Crippen LogP contribution in [-0.4, -0.2) is 43.6 Å². The summed E-state index contributed by atoms with van der Waals surface area (Å²) in [4.78, 5) is 0. The van der Waals surface area contributed by atoms with Gasteiger partial charge in [0, 0.05) is 35.2 Å². The Balaban J connectivity index is 0.000000451. The maximum absolute atomic E-state index is 3.34. The average Bonchev–Trinajstić information content (AvgIpc) is 4.18. The minimum absolute atomic E-state index is 0. The third-order valence-electron chi connectivity index (χ3n) is 13.9. The standard InChI is InChI=1S/4C15H20Si.2CH2.2ClH.2Zr/c4*1-4-12-11-13-9-7-8-10-14(13)15(12)16(5-2)6-3;;;;;;/h4*7-11H,4-6H2,1-3H3;2*1H2;2*1H;;/q4*-1;;;;;2*+2/p-2. The molecule has 0 spiro atoms. The second kappa shape index (κ2) is 36.3. The van der Waals surface area contributed by atoms with Gasteiger partial charge >= 0.3 is 56.9 Å². The van der Waals surface area contributed by atoms with Crippen molar-refractivity contribution in [3.05, 3.63) is 144 Å². The molecule has 0 aliphatic heterocycles. The first-order chi connectivity index (χ1) is 33.2. The molecule has 0 aliphatic rings. The predicted molar refractivity (Wildman–Crippen MR) is 315 cm³/mol. The van der Waals surface area contributed by atoms with Crippen molar-refractivity contribution >= 4 is 107 Å². The quantitative estimate of drug-likeness (QED) is 0.0669. The van der Waals surface area contributed by atoms with E-state index in [1.54, 1.807) is 43.0 Å². The summed E-state index contributed by atoms with van der Waals surface area (Å²) in [5.41, 5.74) is 6.38. The van der Waals surface area contributed by atoms with Crippen molar-refractivity contribution in [2.75, 3.05) is 0 Å². The monoisotopic (exact) mass is 1190 g/mol. The van der Waals surface area contributed by atoms with Crippen LogP contribution in [0, 0.1) is 0 Å². The summed E-state index contributed by atoms with van der Waals surface area (Å²) in [5.74, 6) is 0. The van der Waals surface area contributed by atoms with Crippen LogP contribution >= 0.6 is 0 Å². The van der Waals surface area contributed by atoms with E-state index in [-0.39, 0.29) is 60.0 Å². The second-order valence-electron chi connectivity index (χ2n) is 17.2. The summed E-state index contributed by atoms with van der Waals surface area (Å²) >= 11 is 2.60. The minimum atomic E-state index is -0.325. The van der Waals surface area contributed by atoms with Crippen molar-refractivity contribution in [3.63, 3.8) is 0 Å². The smallest absolute Gasteiger partial charge is 1.00 e. The van der Waals surface area contributed by atoms with E-state index in [1.165, 1.54) is 166 Å². The fourth-order valence-electron chi connectivity index (χ4n) is 10.3. The largest absolute Gasteiger partial charge is 1.00 e. The molecule has 8 aromatic rings. The summed E-state index contributed by atoms with van der Waals surface area (Å²) in [6.45, 7) is 27.9. The van der Waals surface area contributed by atoms with Crippen LogP contribution in [0.5, 0.6) is 0 Å². The number of aryl methyl sites for hydroxylation is 4. The molecule has 4 radical (unpaired) electrons. The normalized spacial score (nSPS) is 10.7. The summed E-state index contributed by atoms with van der Waals surface area (Å²) in [5, 5.41) is 18.7. The van der Waals surface area contributed by atoms with Crippen molar-refractivity contribution < 1.29 is 73.3 Å². The molecule has 0 atom stereocenters. The van der Waals surface area contributed by atoms with Gasteiger partial charge in [-0.2, -0.15) is 20.7 Å². The molecule has 0 amide bonds. The Morgan fingerprint density at radius 3 is 0.600 bits per heavy atom. The molecule has 0 N–H and O–H groups in total. The molecule has 0 fully saturated rings. The summed E-state index contributed by atoms with van der Waals surface area (Å²) in [6, 6.07) is 55.9. The zero-order chi connectivity index (χ0) is 50.2. The molecule has 0 saturated heterocycles. The number of fused-ring (bicyclic) bond motifs is 4. The van der Waals surface area contributed by atoms with E-state index >= 15 is 0 Å². The van der Waals surface area contributed by atoms with Gasteiger partial charge in [0.1, 0.15) is 0 Å². The zero-order valence-electron chi connectivity index (χ0n) is 45.2. The third kappa shape index (κ3) is 16.6. The summed E-state index contributed by atoms with van der Waals surface area (Å²) in [7, 11) is -1.30. The second-order valence-corrected chi connectivity index (χ2v) is 29.7. The first kappa shape index (κ1) is 66.3. The molecule has 0 bridgehead atoms. The van der Waals surface area contributed by atoms with Gasteiger partial charge in [-0.25, -0.2) is 0 Å². The average molecular weight is 1200 g/mol. The Morgan fingerprint density at radius 1 is 0.300 bits per heavy atom. The van der Waals surface area contributed by atoms with Gasteiger partial charge in [0.05, 0.1) is 0 Å². The molecule has 8 rings (SSSR count). The van der Waals surface area contributed by atoms with Gasteiger partial charge in [-0.3, -0.25) is 0 Å². The van der Waals surface area contributed by atoms with Crippen molar-refractivity contribution in [1.29, 1.82) is 0 Å². The van der Waals surface area contributed by atoms with Crippen molar-refractivity contribution in [3.8, 4) is 0 Å². The Bertz CT molecular complexity index is 2270. The number of rotatable bonds is 16. The van der Waals surface area contributed by atoms with Crippen LogP contribution in [-0.2, 0) is 74.2 Å². The number of benzene rings is 4. The molecule has 0 aliphatic carbocycles. The van der Waals surface area contributed by atoms with Crippen molar-refractivity contribution in [1.82, 2.24) is 0 Å². The van der Waals surface area contributed by atoms with E-state index in [0.717, 1.165) is 0 Å². The fraction of sp³-hybridized carbons (Fsp3) is 0.387. The van der Waals surface area contributed by atoms with Crippen molar-refractivity contribution in [2.24, 2.45) is 0 Å². The Kier molecular flexibility index (Phi) is 34.3. The molecule has 8 aromatic carbocycles. The van der Waals surface area contributed by atoms with Crippen LogP contribution in [0.1, 0.15) is 105 Å². The predicted octanol–water partition coefficient (Wildman–Crippen LogP) is 9.39.